The summed E-state index contributed by atoms with van der Waals surface area (Å²) in [6.07, 6.45) is 2.76. The van der Waals surface area contributed by atoms with Crippen LogP contribution in [0.25, 0.3) is 22.3 Å². The van der Waals surface area contributed by atoms with Crippen molar-refractivity contribution in [3.8, 4) is 28.5 Å². The van der Waals surface area contributed by atoms with Crippen LogP contribution in [-0.4, -0.2) is 60.4 Å². The highest BCUT2D eigenvalue weighted by Crippen LogP contribution is 2.33. The van der Waals surface area contributed by atoms with E-state index in [1.165, 1.54) is 16.2 Å². The van der Waals surface area contributed by atoms with Gasteiger partial charge >= 0.3 is 5.69 Å². The largest absolute Gasteiger partial charge is 0.496 e. The number of nitrogens with zero attached hydrogens (tertiary/aromatic N) is 4. The average molecular weight is 513 g/mol. The second-order valence-electron chi connectivity index (χ2n) is 8.26. The molecule has 0 amide bonds. The van der Waals surface area contributed by atoms with Gasteiger partial charge in [0.2, 0.25) is 0 Å². The van der Waals surface area contributed by atoms with Crippen LogP contribution in [0, 0.1) is 0 Å². The molecule has 4 rings (SSSR count). The van der Waals surface area contributed by atoms with Gasteiger partial charge in [-0.1, -0.05) is 18.2 Å². The number of pyridine rings is 2. The molecule has 0 aliphatic heterocycles. The van der Waals surface area contributed by atoms with E-state index in [1.807, 2.05) is 30.3 Å². The Morgan fingerprint density at radius 2 is 1.78 bits per heavy atom. The molecule has 1 atom stereocenters. The molecule has 1 unspecified atom stereocenters. The maximum atomic E-state index is 13.5. The monoisotopic (exact) mass is 512 g/mol. The van der Waals surface area contributed by atoms with Crippen LogP contribution in [-0.2, 0) is 16.9 Å². The van der Waals surface area contributed by atoms with Gasteiger partial charge in [0.1, 0.15) is 15.6 Å². The normalized spacial score (nSPS) is 12.5. The summed E-state index contributed by atoms with van der Waals surface area (Å²) < 4.78 is 44.1. The summed E-state index contributed by atoms with van der Waals surface area (Å²) in [5.74, 6) is 0.940. The van der Waals surface area contributed by atoms with Gasteiger partial charge < -0.3 is 14.2 Å². The number of hydrogen-bond acceptors (Lipinski definition) is 8. The molecule has 0 bridgehead atoms. The van der Waals surface area contributed by atoms with E-state index in [9.17, 15) is 13.2 Å². The van der Waals surface area contributed by atoms with Crippen molar-refractivity contribution in [2.45, 2.75) is 13.0 Å². The molecule has 0 saturated heterocycles. The molecule has 0 radical (unpaired) electrons. The molecule has 36 heavy (non-hydrogen) atoms. The molecule has 190 valence electrons. The summed E-state index contributed by atoms with van der Waals surface area (Å²) in [4.78, 5) is 22.6. The van der Waals surface area contributed by atoms with Gasteiger partial charge in [-0.2, -0.15) is 0 Å². The smallest absolute Gasteiger partial charge is 0.330 e. The molecular formula is C25H28N4O6S. The number of aromatic nitrogens is 4. The highest BCUT2D eigenvalue weighted by Gasteiger charge is 2.28. The molecule has 0 saturated carbocycles. The number of fused-ring (bicyclic) bond motifs is 1. The molecule has 0 aliphatic rings. The predicted octanol–water partition coefficient (Wildman–Crippen LogP) is 2.85. The number of ether oxygens (including phenoxy) is 3. The van der Waals surface area contributed by atoms with Gasteiger partial charge in [-0.05, 0) is 31.2 Å². The number of rotatable bonds is 9. The van der Waals surface area contributed by atoms with Crippen LogP contribution < -0.4 is 19.9 Å². The number of benzene rings is 1. The second-order valence-corrected chi connectivity index (χ2v) is 10.4. The van der Waals surface area contributed by atoms with Crippen molar-refractivity contribution in [1.82, 2.24) is 19.1 Å². The number of aryl methyl sites for hydroxylation is 1. The van der Waals surface area contributed by atoms with Gasteiger partial charge in [-0.25, -0.2) is 23.2 Å². The van der Waals surface area contributed by atoms with Crippen molar-refractivity contribution < 1.29 is 22.6 Å². The first-order valence-corrected chi connectivity index (χ1v) is 13.3. The van der Waals surface area contributed by atoms with Gasteiger partial charge in [0.15, 0.2) is 11.4 Å². The lowest BCUT2D eigenvalue weighted by Gasteiger charge is -2.19. The third kappa shape index (κ3) is 4.78. The molecule has 0 aliphatic carbocycles. The zero-order chi connectivity index (χ0) is 26.0. The molecule has 0 fully saturated rings. The van der Waals surface area contributed by atoms with Crippen molar-refractivity contribution in [3.63, 3.8) is 0 Å². The van der Waals surface area contributed by atoms with E-state index in [4.69, 9.17) is 14.2 Å². The first kappa shape index (κ1) is 25.2. The molecule has 3 heterocycles. The Hall–Kier alpha value is -3.86. The topological polar surface area (TPSA) is 115 Å². The first-order chi connectivity index (χ1) is 17.2. The minimum atomic E-state index is -3.52. The van der Waals surface area contributed by atoms with E-state index in [0.717, 1.165) is 17.4 Å². The molecule has 11 heteroatoms. The molecule has 1 aromatic carbocycles. The maximum absolute atomic E-state index is 13.5. The third-order valence-corrected chi connectivity index (χ3v) is 6.73. The predicted molar refractivity (Wildman–Crippen MR) is 137 cm³/mol. The number of hydrogen-bond donors (Lipinski definition) is 0. The Kier molecular flexibility index (Phi) is 7.02. The zero-order valence-corrected chi connectivity index (χ0v) is 21.6. The van der Waals surface area contributed by atoms with Gasteiger partial charge in [0.25, 0.3) is 5.88 Å². The summed E-state index contributed by atoms with van der Waals surface area (Å²) in [6.45, 7) is 2.14. The summed E-state index contributed by atoms with van der Waals surface area (Å²) in [5, 5.41) is 0. The highest BCUT2D eigenvalue weighted by molar-refractivity contribution is 7.90. The van der Waals surface area contributed by atoms with E-state index in [-0.39, 0.29) is 11.6 Å². The van der Waals surface area contributed by atoms with Crippen molar-refractivity contribution >= 4 is 21.0 Å². The Balaban J connectivity index is 1.94. The summed E-state index contributed by atoms with van der Waals surface area (Å²) in [5.41, 5.74) is 2.38. The average Bonchev–Trinajstić information content (AvgIpc) is 3.11. The van der Waals surface area contributed by atoms with E-state index in [0.29, 0.717) is 35.0 Å². The van der Waals surface area contributed by atoms with Crippen LogP contribution in [0.2, 0.25) is 0 Å². The van der Waals surface area contributed by atoms with Crippen LogP contribution in [0.5, 0.6) is 17.4 Å². The fraction of sp³-hybridized carbons (Fsp3) is 0.320. The minimum Gasteiger partial charge on any atom is -0.496 e. The van der Waals surface area contributed by atoms with Crippen LogP contribution in [0.4, 0.5) is 0 Å². The number of methoxy groups -OCH3 is 2. The lowest BCUT2D eigenvalue weighted by molar-refractivity contribution is 0.296. The Morgan fingerprint density at radius 3 is 2.44 bits per heavy atom. The van der Waals surface area contributed by atoms with Crippen molar-refractivity contribution in [3.05, 3.63) is 64.8 Å². The maximum Gasteiger partial charge on any atom is 0.330 e. The third-order valence-electron chi connectivity index (χ3n) is 5.81. The van der Waals surface area contributed by atoms with Crippen molar-refractivity contribution in [2.75, 3.05) is 32.8 Å². The minimum absolute atomic E-state index is 0.218. The lowest BCUT2D eigenvalue weighted by Crippen LogP contribution is -2.31. The SMILES string of the molecule is CCOc1nc(C(CS(C)(=O)=O)n2c(=O)n(C)c3cc(-c4ccccc4OC)cnc32)ccc1OC. The summed E-state index contributed by atoms with van der Waals surface area (Å²) in [6, 6.07) is 11.7. The lowest BCUT2D eigenvalue weighted by atomic mass is 10.1. The van der Waals surface area contributed by atoms with Crippen LogP contribution >= 0.6 is 0 Å². The molecule has 0 N–H and O–H groups in total. The van der Waals surface area contributed by atoms with E-state index < -0.39 is 21.6 Å². The van der Waals surface area contributed by atoms with Crippen LogP contribution in [0.1, 0.15) is 18.7 Å². The van der Waals surface area contributed by atoms with Gasteiger partial charge in [-0.15, -0.1) is 0 Å². The molecular weight excluding hydrogens is 484 g/mol. The highest BCUT2D eigenvalue weighted by atomic mass is 32.2. The van der Waals surface area contributed by atoms with Gasteiger partial charge in [0.05, 0.1) is 43.8 Å². The molecule has 3 aromatic heterocycles. The Labute approximate surface area is 209 Å². The van der Waals surface area contributed by atoms with Gasteiger partial charge in [0, 0.05) is 30.6 Å². The molecule has 0 spiro atoms. The molecule has 10 nitrogen and oxygen atoms in total. The zero-order valence-electron chi connectivity index (χ0n) is 20.8. The Bertz CT molecular complexity index is 1580. The fourth-order valence-corrected chi connectivity index (χ4v) is 5.04. The number of sulfone groups is 1. The van der Waals surface area contributed by atoms with Crippen molar-refractivity contribution in [2.24, 2.45) is 7.05 Å². The quantitative estimate of drug-likeness (QED) is 0.336. The van der Waals surface area contributed by atoms with E-state index in [2.05, 4.69) is 9.97 Å². The summed E-state index contributed by atoms with van der Waals surface area (Å²) >= 11 is 0. The Morgan fingerprint density at radius 1 is 1.06 bits per heavy atom. The standard InChI is InChI=1S/C25H28N4O6S/c1-6-35-24-22(34-4)12-11-18(27-24)20(15-36(5,31)32)29-23-19(28(2)25(29)30)13-16(14-26-23)17-9-7-8-10-21(17)33-3/h7-14,20H,6,15H2,1-5H3. The molecule has 4 aromatic rings. The van der Waals surface area contributed by atoms with E-state index in [1.54, 1.807) is 39.4 Å². The second kappa shape index (κ2) is 10.0. The fourth-order valence-electron chi connectivity index (χ4n) is 4.15. The first-order valence-electron chi connectivity index (χ1n) is 11.2. The van der Waals surface area contributed by atoms with E-state index >= 15 is 0 Å². The van der Waals surface area contributed by atoms with Crippen molar-refractivity contribution in [1.29, 1.82) is 0 Å². The van der Waals surface area contributed by atoms with Crippen LogP contribution in [0.15, 0.2) is 53.5 Å². The number of imidazole rings is 1. The van der Waals surface area contributed by atoms with Gasteiger partial charge in [-0.3, -0.25) is 9.13 Å². The number of para-hydroxylation sites is 1. The van der Waals surface area contributed by atoms with Crippen LogP contribution in [0.3, 0.4) is 0 Å². The summed E-state index contributed by atoms with van der Waals surface area (Å²) in [7, 11) is 1.18.